The molecule has 0 aliphatic rings. The van der Waals surface area contributed by atoms with Gasteiger partial charge in [0.1, 0.15) is 5.41 Å². The van der Waals surface area contributed by atoms with Gasteiger partial charge in [0.25, 0.3) is 0 Å². The molecule has 0 saturated carbocycles. The molecule has 3 amide bonds. The van der Waals surface area contributed by atoms with Crippen LogP contribution in [-0.4, -0.2) is 38.0 Å². The maximum absolute atomic E-state index is 12.4. The molecule has 0 saturated heterocycles. The number of hydrogen-bond donors (Lipinski definition) is 3. The zero-order valence-electron chi connectivity index (χ0n) is 14.6. The van der Waals surface area contributed by atoms with Crippen molar-refractivity contribution in [3.63, 3.8) is 0 Å². The molecule has 0 fully saturated rings. The van der Waals surface area contributed by atoms with Crippen molar-refractivity contribution in [3.8, 4) is 0 Å². The van der Waals surface area contributed by atoms with E-state index in [0.717, 1.165) is 0 Å². The predicted octanol–water partition coefficient (Wildman–Crippen LogP) is 1.76. The number of amides is 3. The van der Waals surface area contributed by atoms with Crippen LogP contribution in [0.5, 0.6) is 0 Å². The Hall–Kier alpha value is -2.41. The van der Waals surface area contributed by atoms with Gasteiger partial charge in [0.15, 0.2) is 0 Å². The van der Waals surface area contributed by atoms with Crippen LogP contribution < -0.4 is 16.0 Å². The van der Waals surface area contributed by atoms with Crippen molar-refractivity contribution in [2.45, 2.75) is 27.2 Å². The lowest BCUT2D eigenvalue weighted by Crippen LogP contribution is -2.45. The number of benzene rings is 1. The van der Waals surface area contributed by atoms with Gasteiger partial charge in [0.2, 0.25) is 17.7 Å². The molecule has 0 unspecified atom stereocenters. The Bertz CT molecular complexity index is 599. The van der Waals surface area contributed by atoms with E-state index in [0.29, 0.717) is 30.9 Å². The molecule has 1 aromatic rings. The van der Waals surface area contributed by atoms with Crippen molar-refractivity contribution in [2.24, 2.45) is 5.41 Å². The summed E-state index contributed by atoms with van der Waals surface area (Å²) in [5.74, 6) is -0.977. The number of carbonyl (C=O) groups excluding carboxylic acids is 3. The fourth-order valence-corrected chi connectivity index (χ4v) is 1.91. The number of carbonyl (C=O) groups is 3. The van der Waals surface area contributed by atoms with Crippen molar-refractivity contribution >= 4 is 29.1 Å². The minimum absolute atomic E-state index is 0.200. The number of hydrogen-bond acceptors (Lipinski definition) is 4. The molecule has 24 heavy (non-hydrogen) atoms. The van der Waals surface area contributed by atoms with Crippen LogP contribution in [-0.2, 0) is 19.1 Å². The van der Waals surface area contributed by atoms with E-state index >= 15 is 0 Å². The summed E-state index contributed by atoms with van der Waals surface area (Å²) in [5.41, 5.74) is -0.148. The van der Waals surface area contributed by atoms with Gasteiger partial charge < -0.3 is 20.7 Å². The summed E-state index contributed by atoms with van der Waals surface area (Å²) < 4.78 is 4.91. The van der Waals surface area contributed by atoms with E-state index in [4.69, 9.17) is 4.74 Å². The van der Waals surface area contributed by atoms with E-state index in [9.17, 15) is 14.4 Å². The van der Waals surface area contributed by atoms with Gasteiger partial charge in [-0.1, -0.05) is 6.07 Å². The highest BCUT2D eigenvalue weighted by Gasteiger charge is 2.35. The monoisotopic (exact) mass is 335 g/mol. The molecular formula is C17H25N3O4. The Morgan fingerprint density at radius 2 is 1.71 bits per heavy atom. The SMILES string of the molecule is COCCCNC(=O)C(C)(C)C(=O)Nc1cccc(NC(C)=O)c1. The molecule has 0 atom stereocenters. The molecule has 7 nitrogen and oxygen atoms in total. The summed E-state index contributed by atoms with van der Waals surface area (Å²) >= 11 is 0. The molecule has 0 aromatic heterocycles. The molecule has 3 N–H and O–H groups in total. The first-order valence-electron chi connectivity index (χ1n) is 7.73. The molecule has 0 radical (unpaired) electrons. The van der Waals surface area contributed by atoms with Gasteiger partial charge in [-0.15, -0.1) is 0 Å². The Kier molecular flexibility index (Phi) is 7.38. The van der Waals surface area contributed by atoms with Crippen LogP contribution in [0.25, 0.3) is 0 Å². The van der Waals surface area contributed by atoms with Crippen LogP contribution in [0.1, 0.15) is 27.2 Å². The van der Waals surface area contributed by atoms with E-state index in [1.807, 2.05) is 0 Å². The Balaban J connectivity index is 2.67. The van der Waals surface area contributed by atoms with E-state index in [-0.39, 0.29) is 11.8 Å². The Morgan fingerprint density at radius 3 is 2.29 bits per heavy atom. The van der Waals surface area contributed by atoms with Gasteiger partial charge in [-0.2, -0.15) is 0 Å². The van der Waals surface area contributed by atoms with Crippen LogP contribution in [0, 0.1) is 5.41 Å². The van der Waals surface area contributed by atoms with Gasteiger partial charge in [0.05, 0.1) is 0 Å². The fourth-order valence-electron chi connectivity index (χ4n) is 1.91. The number of methoxy groups -OCH3 is 1. The second kappa shape index (κ2) is 9.02. The van der Waals surface area contributed by atoms with E-state index < -0.39 is 11.3 Å². The van der Waals surface area contributed by atoms with Gasteiger partial charge >= 0.3 is 0 Å². The maximum Gasteiger partial charge on any atom is 0.239 e. The fraction of sp³-hybridized carbons (Fsp3) is 0.471. The summed E-state index contributed by atoms with van der Waals surface area (Å²) in [6.07, 6.45) is 0.679. The molecule has 0 spiro atoms. The summed E-state index contributed by atoms with van der Waals surface area (Å²) in [4.78, 5) is 35.7. The van der Waals surface area contributed by atoms with Crippen molar-refractivity contribution in [1.29, 1.82) is 0 Å². The lowest BCUT2D eigenvalue weighted by atomic mass is 9.91. The van der Waals surface area contributed by atoms with Gasteiger partial charge in [-0.25, -0.2) is 0 Å². The average molecular weight is 335 g/mol. The minimum atomic E-state index is -1.23. The zero-order chi connectivity index (χ0) is 18.2. The second-order valence-electron chi connectivity index (χ2n) is 5.94. The largest absolute Gasteiger partial charge is 0.385 e. The summed E-state index contributed by atoms with van der Waals surface area (Å²) in [6.45, 7) is 5.52. The first kappa shape index (κ1) is 19.6. The molecular weight excluding hydrogens is 310 g/mol. The molecule has 132 valence electrons. The third-order valence-corrected chi connectivity index (χ3v) is 3.39. The van der Waals surface area contributed by atoms with Crippen LogP contribution in [0.4, 0.5) is 11.4 Å². The smallest absolute Gasteiger partial charge is 0.239 e. The molecule has 0 aliphatic carbocycles. The van der Waals surface area contributed by atoms with Crippen LogP contribution in [0.15, 0.2) is 24.3 Å². The number of rotatable bonds is 8. The van der Waals surface area contributed by atoms with E-state index in [1.165, 1.54) is 6.92 Å². The molecule has 0 bridgehead atoms. The van der Waals surface area contributed by atoms with Crippen molar-refractivity contribution in [2.75, 3.05) is 30.9 Å². The predicted molar refractivity (Wildman–Crippen MR) is 92.7 cm³/mol. The number of ether oxygens (including phenoxy) is 1. The highest BCUT2D eigenvalue weighted by Crippen LogP contribution is 2.21. The molecule has 7 heteroatoms. The van der Waals surface area contributed by atoms with Gasteiger partial charge in [-0.3, -0.25) is 14.4 Å². The van der Waals surface area contributed by atoms with Crippen LogP contribution >= 0.6 is 0 Å². The van der Waals surface area contributed by atoms with Gasteiger partial charge in [-0.05, 0) is 38.5 Å². The zero-order valence-corrected chi connectivity index (χ0v) is 14.6. The quantitative estimate of drug-likeness (QED) is 0.498. The van der Waals surface area contributed by atoms with E-state index in [2.05, 4.69) is 16.0 Å². The average Bonchev–Trinajstić information content (AvgIpc) is 2.50. The number of anilines is 2. The molecule has 0 heterocycles. The lowest BCUT2D eigenvalue weighted by molar-refractivity contribution is -0.138. The molecule has 1 aromatic carbocycles. The van der Waals surface area contributed by atoms with Crippen molar-refractivity contribution in [1.82, 2.24) is 5.32 Å². The topological polar surface area (TPSA) is 96.5 Å². The minimum Gasteiger partial charge on any atom is -0.385 e. The Labute approximate surface area is 142 Å². The van der Waals surface area contributed by atoms with Crippen molar-refractivity contribution in [3.05, 3.63) is 24.3 Å². The van der Waals surface area contributed by atoms with Crippen LogP contribution in [0.2, 0.25) is 0 Å². The standard InChI is InChI=1S/C17H25N3O4/c1-12(21)19-13-7-5-8-14(11-13)20-16(23)17(2,3)15(22)18-9-6-10-24-4/h5,7-8,11H,6,9-10H2,1-4H3,(H,18,22)(H,19,21)(H,20,23). The lowest BCUT2D eigenvalue weighted by Gasteiger charge is -2.23. The normalized spacial score (nSPS) is 10.8. The van der Waals surface area contributed by atoms with Crippen LogP contribution in [0.3, 0.4) is 0 Å². The highest BCUT2D eigenvalue weighted by atomic mass is 16.5. The van der Waals surface area contributed by atoms with Crippen molar-refractivity contribution < 1.29 is 19.1 Å². The van der Waals surface area contributed by atoms with Gasteiger partial charge in [0, 0.05) is 38.6 Å². The molecule has 1 rings (SSSR count). The molecule has 0 aliphatic heterocycles. The summed E-state index contributed by atoms with van der Waals surface area (Å²) in [5, 5.41) is 8.07. The summed E-state index contributed by atoms with van der Waals surface area (Å²) in [6, 6.07) is 6.74. The third-order valence-electron chi connectivity index (χ3n) is 3.39. The highest BCUT2D eigenvalue weighted by molar-refractivity contribution is 6.10. The maximum atomic E-state index is 12.4. The first-order chi connectivity index (χ1) is 11.3. The summed E-state index contributed by atoms with van der Waals surface area (Å²) in [7, 11) is 1.59. The Morgan fingerprint density at radius 1 is 1.08 bits per heavy atom. The second-order valence-corrected chi connectivity index (χ2v) is 5.94. The number of nitrogens with one attached hydrogen (secondary N) is 3. The first-order valence-corrected chi connectivity index (χ1v) is 7.73. The third kappa shape index (κ3) is 6.00. The van der Waals surface area contributed by atoms with E-state index in [1.54, 1.807) is 45.2 Å².